The van der Waals surface area contributed by atoms with Crippen molar-refractivity contribution in [1.29, 1.82) is 0 Å². The lowest BCUT2D eigenvalue weighted by Gasteiger charge is -2.26. The van der Waals surface area contributed by atoms with E-state index in [1.54, 1.807) is 0 Å². The Morgan fingerprint density at radius 3 is 2.83 bits per heavy atom. The lowest BCUT2D eigenvalue weighted by molar-refractivity contribution is -0.134. The first kappa shape index (κ1) is 12.4. The minimum Gasteiger partial charge on any atom is -0.394 e. The molecule has 3 unspecified atom stereocenters. The summed E-state index contributed by atoms with van der Waals surface area (Å²) in [7, 11) is 0. The number of nitrogens with zero attached hydrogens (tertiary/aromatic N) is 1. The van der Waals surface area contributed by atoms with Crippen molar-refractivity contribution >= 4 is 5.91 Å². The Labute approximate surface area is 109 Å². The van der Waals surface area contributed by atoms with Gasteiger partial charge in [-0.05, 0) is 38.0 Å². The first-order valence-electron chi connectivity index (χ1n) is 7.47. The Hall–Kier alpha value is -0.610. The molecule has 1 saturated carbocycles. The summed E-state index contributed by atoms with van der Waals surface area (Å²) in [6, 6.07) is 0.662. The Balaban J connectivity index is 1.63. The Morgan fingerprint density at radius 2 is 2.06 bits per heavy atom. The van der Waals surface area contributed by atoms with E-state index >= 15 is 0 Å². The molecular weight excluding hydrogens is 228 g/mol. The van der Waals surface area contributed by atoms with Crippen molar-refractivity contribution in [3.8, 4) is 0 Å². The van der Waals surface area contributed by atoms with Gasteiger partial charge in [0.1, 0.15) is 0 Å². The van der Waals surface area contributed by atoms with Crippen molar-refractivity contribution in [1.82, 2.24) is 10.2 Å². The van der Waals surface area contributed by atoms with Crippen LogP contribution in [0.1, 0.15) is 44.9 Å². The Bertz CT molecular complexity index is 307. The molecule has 0 spiro atoms. The smallest absolute Gasteiger partial charge is 0.240 e. The highest BCUT2D eigenvalue weighted by atomic mass is 16.3. The molecular formula is C14H24N2O2. The Morgan fingerprint density at radius 1 is 1.22 bits per heavy atom. The zero-order chi connectivity index (χ0) is 12.5. The van der Waals surface area contributed by atoms with Gasteiger partial charge in [-0.2, -0.15) is 0 Å². The van der Waals surface area contributed by atoms with E-state index in [1.165, 1.54) is 25.7 Å². The fourth-order valence-corrected chi connectivity index (χ4v) is 4.03. The van der Waals surface area contributed by atoms with Crippen molar-refractivity contribution in [3.63, 3.8) is 0 Å². The molecule has 2 N–H and O–H groups in total. The minimum atomic E-state index is 0.0187. The van der Waals surface area contributed by atoms with E-state index < -0.39 is 0 Å². The quantitative estimate of drug-likeness (QED) is 0.767. The third kappa shape index (κ3) is 2.16. The summed E-state index contributed by atoms with van der Waals surface area (Å²) in [6.45, 7) is 0.947. The second-order valence-electron chi connectivity index (χ2n) is 6.12. The molecule has 1 amide bonds. The van der Waals surface area contributed by atoms with Crippen molar-refractivity contribution < 1.29 is 9.90 Å². The number of hydrogen-bond acceptors (Lipinski definition) is 3. The molecule has 18 heavy (non-hydrogen) atoms. The molecule has 3 aliphatic rings. The number of fused-ring (bicyclic) bond motifs is 1. The summed E-state index contributed by atoms with van der Waals surface area (Å²) in [5.41, 5.74) is 0. The van der Waals surface area contributed by atoms with E-state index in [4.69, 9.17) is 0 Å². The van der Waals surface area contributed by atoms with Crippen molar-refractivity contribution in [2.45, 2.75) is 63.1 Å². The summed E-state index contributed by atoms with van der Waals surface area (Å²) in [5.74, 6) is 0.948. The second kappa shape index (κ2) is 5.17. The number of likely N-dealkylation sites (tertiary alicyclic amines) is 1. The second-order valence-corrected chi connectivity index (χ2v) is 6.12. The minimum absolute atomic E-state index is 0.0187. The number of aliphatic hydroxyl groups excluding tert-OH is 1. The van der Waals surface area contributed by atoms with E-state index in [2.05, 4.69) is 5.32 Å². The summed E-state index contributed by atoms with van der Waals surface area (Å²) in [5, 5.41) is 12.9. The van der Waals surface area contributed by atoms with Crippen molar-refractivity contribution in [2.24, 2.45) is 5.92 Å². The first-order valence-corrected chi connectivity index (χ1v) is 7.47. The topological polar surface area (TPSA) is 52.6 Å². The van der Waals surface area contributed by atoms with Gasteiger partial charge in [0, 0.05) is 12.6 Å². The molecule has 1 aliphatic carbocycles. The van der Waals surface area contributed by atoms with E-state index in [1.807, 2.05) is 4.90 Å². The van der Waals surface area contributed by atoms with E-state index in [0.29, 0.717) is 12.0 Å². The maximum absolute atomic E-state index is 12.5. The van der Waals surface area contributed by atoms with Crippen molar-refractivity contribution in [3.05, 3.63) is 0 Å². The fourth-order valence-electron chi connectivity index (χ4n) is 4.03. The van der Waals surface area contributed by atoms with Crippen LogP contribution in [0, 0.1) is 5.92 Å². The number of rotatable bonds is 2. The number of nitrogens with one attached hydrogen (secondary N) is 1. The monoisotopic (exact) mass is 252 g/mol. The zero-order valence-corrected chi connectivity index (χ0v) is 11.0. The van der Waals surface area contributed by atoms with Crippen LogP contribution in [0.3, 0.4) is 0 Å². The SMILES string of the molecule is O=C(C1CC2CCCCC2N1)N1CCC[C@@H]1CO. The number of hydrogen-bond donors (Lipinski definition) is 2. The lowest BCUT2D eigenvalue weighted by Crippen LogP contribution is -2.48. The zero-order valence-electron chi connectivity index (χ0n) is 11.0. The van der Waals surface area contributed by atoms with Gasteiger partial charge in [0.25, 0.3) is 0 Å². The van der Waals surface area contributed by atoms with Crippen LogP contribution in [0.4, 0.5) is 0 Å². The summed E-state index contributed by atoms with van der Waals surface area (Å²) in [6.07, 6.45) is 8.16. The van der Waals surface area contributed by atoms with Crippen LogP contribution < -0.4 is 5.32 Å². The molecule has 2 aliphatic heterocycles. The highest BCUT2D eigenvalue weighted by Gasteiger charge is 2.41. The van der Waals surface area contributed by atoms with Gasteiger partial charge in [0.2, 0.25) is 5.91 Å². The van der Waals surface area contributed by atoms with Gasteiger partial charge in [-0.1, -0.05) is 12.8 Å². The van der Waals surface area contributed by atoms with Gasteiger partial charge in [-0.25, -0.2) is 0 Å². The third-order valence-electron chi connectivity index (χ3n) is 5.03. The molecule has 0 radical (unpaired) electrons. The molecule has 0 aromatic heterocycles. The number of aliphatic hydroxyl groups is 1. The molecule has 4 atom stereocenters. The third-order valence-corrected chi connectivity index (χ3v) is 5.03. The van der Waals surface area contributed by atoms with Gasteiger partial charge in [0.15, 0.2) is 0 Å². The molecule has 102 valence electrons. The molecule has 2 saturated heterocycles. The fraction of sp³-hybridized carbons (Fsp3) is 0.929. The van der Waals surface area contributed by atoms with Crippen LogP contribution in [0.15, 0.2) is 0 Å². The molecule has 0 bridgehead atoms. The van der Waals surface area contributed by atoms with E-state index in [-0.39, 0.29) is 24.6 Å². The first-order chi connectivity index (χ1) is 8.79. The highest BCUT2D eigenvalue weighted by molar-refractivity contribution is 5.83. The standard InChI is InChI=1S/C14H24N2O2/c17-9-11-5-3-7-16(11)14(18)13-8-10-4-1-2-6-12(10)15-13/h10-13,15,17H,1-9H2/t10?,11-,12?,13?/m1/s1. The number of carbonyl (C=O) groups excluding carboxylic acids is 1. The van der Waals surface area contributed by atoms with Gasteiger partial charge in [-0.3, -0.25) is 4.79 Å². The predicted molar refractivity (Wildman–Crippen MR) is 69.1 cm³/mol. The highest BCUT2D eigenvalue weighted by Crippen LogP contribution is 2.34. The van der Waals surface area contributed by atoms with Crippen LogP contribution in [0.2, 0.25) is 0 Å². The predicted octanol–water partition coefficient (Wildman–Crippen LogP) is 0.890. The summed E-state index contributed by atoms with van der Waals surface area (Å²) < 4.78 is 0. The maximum atomic E-state index is 12.5. The van der Waals surface area contributed by atoms with Crippen LogP contribution in [0.5, 0.6) is 0 Å². The number of amides is 1. The van der Waals surface area contributed by atoms with Gasteiger partial charge >= 0.3 is 0 Å². The maximum Gasteiger partial charge on any atom is 0.240 e. The van der Waals surface area contributed by atoms with Crippen LogP contribution in [-0.2, 0) is 4.79 Å². The summed E-state index contributed by atoms with van der Waals surface area (Å²) in [4.78, 5) is 14.4. The van der Waals surface area contributed by atoms with E-state index in [9.17, 15) is 9.90 Å². The summed E-state index contributed by atoms with van der Waals surface area (Å²) >= 11 is 0. The van der Waals surface area contributed by atoms with Crippen LogP contribution >= 0.6 is 0 Å². The number of carbonyl (C=O) groups is 1. The van der Waals surface area contributed by atoms with Gasteiger partial charge in [0.05, 0.1) is 18.7 Å². The molecule has 0 aromatic rings. The normalized spacial score (nSPS) is 39.9. The lowest BCUT2D eigenvalue weighted by atomic mass is 9.85. The average molecular weight is 252 g/mol. The molecule has 4 heteroatoms. The Kier molecular flexibility index (Phi) is 3.57. The average Bonchev–Trinajstić information content (AvgIpc) is 3.03. The molecule has 4 nitrogen and oxygen atoms in total. The largest absolute Gasteiger partial charge is 0.394 e. The van der Waals surface area contributed by atoms with Gasteiger partial charge < -0.3 is 15.3 Å². The van der Waals surface area contributed by atoms with Crippen molar-refractivity contribution in [2.75, 3.05) is 13.2 Å². The van der Waals surface area contributed by atoms with E-state index in [0.717, 1.165) is 25.8 Å². The van der Waals surface area contributed by atoms with Crippen LogP contribution in [0.25, 0.3) is 0 Å². The van der Waals surface area contributed by atoms with Crippen LogP contribution in [-0.4, -0.2) is 47.2 Å². The van der Waals surface area contributed by atoms with Gasteiger partial charge in [-0.15, -0.1) is 0 Å². The molecule has 2 heterocycles. The molecule has 3 fully saturated rings. The molecule has 0 aromatic carbocycles. The molecule has 3 rings (SSSR count).